The van der Waals surface area contributed by atoms with E-state index in [-0.39, 0.29) is 10.8 Å². The summed E-state index contributed by atoms with van der Waals surface area (Å²) < 4.78 is 98.4. The highest BCUT2D eigenvalue weighted by atomic mass is 32.2. The van der Waals surface area contributed by atoms with Crippen molar-refractivity contribution in [1.82, 2.24) is 0 Å². The van der Waals surface area contributed by atoms with E-state index in [1.54, 1.807) is 0 Å². The normalized spacial score (nSPS) is 12.9. The molecule has 3 rings (SSSR count). The monoisotopic (exact) mass is 532 g/mol. The van der Waals surface area contributed by atoms with Crippen LogP contribution in [-0.2, 0) is 30.4 Å². The van der Waals surface area contributed by atoms with Crippen molar-refractivity contribution in [3.05, 3.63) is 36.4 Å². The van der Waals surface area contributed by atoms with Crippen molar-refractivity contribution in [3.63, 3.8) is 0 Å². The number of phenols is 1. The molecule has 3 aromatic carbocycles. The summed E-state index contributed by atoms with van der Waals surface area (Å²) in [6.07, 6.45) is 0. The van der Waals surface area contributed by atoms with Crippen LogP contribution in [-0.4, -0.2) is 51.1 Å². The second-order valence-electron chi connectivity index (χ2n) is 6.74. The van der Waals surface area contributed by atoms with Crippen molar-refractivity contribution in [3.8, 4) is 5.75 Å². The van der Waals surface area contributed by atoms with Crippen LogP contribution < -0.4 is 11.1 Å². The first-order chi connectivity index (χ1) is 15.5. The largest absolute Gasteiger partial charge is 0.507 e. The molecule has 0 radical (unpaired) electrons. The van der Waals surface area contributed by atoms with Gasteiger partial charge in [-0.25, -0.2) is 0 Å². The highest BCUT2D eigenvalue weighted by molar-refractivity contribution is 7.86. The first kappa shape index (κ1) is 25.3. The minimum absolute atomic E-state index is 0.292. The number of fused-ring (bicyclic) bond motifs is 1. The zero-order valence-electron chi connectivity index (χ0n) is 16.9. The van der Waals surface area contributed by atoms with E-state index >= 15 is 0 Å². The number of hydrogen-bond donors (Lipinski definition) is 6. The predicted octanol–water partition coefficient (Wildman–Crippen LogP) is 2.32. The summed E-state index contributed by atoms with van der Waals surface area (Å²) in [6, 6.07) is 5.72. The van der Waals surface area contributed by atoms with Crippen LogP contribution >= 0.6 is 0 Å². The van der Waals surface area contributed by atoms with E-state index in [0.717, 1.165) is 24.3 Å². The number of aromatic hydroxyl groups is 1. The fourth-order valence-electron chi connectivity index (χ4n) is 2.99. The van der Waals surface area contributed by atoms with Crippen LogP contribution in [0.2, 0.25) is 0 Å². The highest BCUT2D eigenvalue weighted by Gasteiger charge is 2.24. The van der Waals surface area contributed by atoms with Crippen LogP contribution in [0.15, 0.2) is 61.3 Å². The van der Waals surface area contributed by atoms with Crippen molar-refractivity contribution in [2.45, 2.75) is 14.7 Å². The molecule has 182 valence electrons. The lowest BCUT2D eigenvalue weighted by atomic mass is 10.1. The second kappa shape index (κ2) is 8.46. The summed E-state index contributed by atoms with van der Waals surface area (Å²) in [6.45, 7) is 0. The zero-order valence-corrected chi connectivity index (χ0v) is 19.3. The molecular weight excluding hydrogens is 516 g/mol. The first-order valence-electron chi connectivity index (χ1n) is 8.79. The third kappa shape index (κ3) is 4.93. The summed E-state index contributed by atoms with van der Waals surface area (Å²) in [5, 5.41) is 19.8. The van der Waals surface area contributed by atoms with E-state index in [2.05, 4.69) is 15.5 Å². The summed E-state index contributed by atoms with van der Waals surface area (Å²) in [5.41, 5.74) is 4.41. The molecule has 0 aliphatic carbocycles. The molecule has 0 aliphatic rings. The quantitative estimate of drug-likeness (QED) is 0.152. The molecule has 0 spiro atoms. The number of nitrogens with two attached hydrogens (primary N) is 1. The van der Waals surface area contributed by atoms with Gasteiger partial charge in [-0.1, -0.05) is 0 Å². The topological polar surface area (TPSA) is 246 Å². The van der Waals surface area contributed by atoms with Crippen LogP contribution in [0.1, 0.15) is 0 Å². The van der Waals surface area contributed by atoms with E-state index in [4.69, 9.17) is 5.73 Å². The first-order valence-corrected chi connectivity index (χ1v) is 13.1. The van der Waals surface area contributed by atoms with E-state index in [1.165, 1.54) is 13.1 Å². The van der Waals surface area contributed by atoms with Gasteiger partial charge in [0.15, 0.2) is 0 Å². The maximum Gasteiger partial charge on any atom is 0.296 e. The molecule has 14 nitrogen and oxygen atoms in total. The van der Waals surface area contributed by atoms with Gasteiger partial charge in [-0.2, -0.15) is 25.3 Å². The van der Waals surface area contributed by atoms with Crippen LogP contribution in [0.5, 0.6) is 5.75 Å². The molecule has 0 saturated heterocycles. The van der Waals surface area contributed by atoms with Crippen molar-refractivity contribution >= 4 is 63.9 Å². The number of nitrogen functional groups attached to an aromatic ring is 1. The average Bonchev–Trinajstić information content (AvgIpc) is 2.70. The molecule has 0 aliphatic heterocycles. The van der Waals surface area contributed by atoms with Crippen LogP contribution in [0.4, 0.5) is 22.7 Å². The third-order valence-corrected chi connectivity index (χ3v) is 7.13. The molecule has 3 aromatic rings. The van der Waals surface area contributed by atoms with Gasteiger partial charge in [0.1, 0.15) is 26.9 Å². The van der Waals surface area contributed by atoms with Crippen LogP contribution in [0.3, 0.4) is 0 Å². The van der Waals surface area contributed by atoms with Gasteiger partial charge in [0.05, 0.1) is 16.0 Å². The average molecular weight is 533 g/mol. The molecule has 17 heteroatoms. The van der Waals surface area contributed by atoms with Gasteiger partial charge in [0.25, 0.3) is 30.4 Å². The van der Waals surface area contributed by atoms with E-state index < -0.39 is 67.9 Å². The smallest absolute Gasteiger partial charge is 0.296 e. The highest BCUT2D eigenvalue weighted by Crippen LogP contribution is 2.44. The van der Waals surface area contributed by atoms with E-state index in [9.17, 15) is 44.0 Å². The number of benzene rings is 3. The molecule has 0 atom stereocenters. The zero-order chi connectivity index (χ0) is 25.6. The Balaban J connectivity index is 2.40. The summed E-state index contributed by atoms with van der Waals surface area (Å²) in [4.78, 5) is -2.40. The summed E-state index contributed by atoms with van der Waals surface area (Å²) >= 11 is 0. The van der Waals surface area contributed by atoms with Crippen LogP contribution in [0.25, 0.3) is 10.8 Å². The molecule has 7 N–H and O–H groups in total. The molecule has 0 bridgehead atoms. The van der Waals surface area contributed by atoms with E-state index in [1.807, 2.05) is 0 Å². The lowest BCUT2D eigenvalue weighted by molar-refractivity contribution is 0.471. The van der Waals surface area contributed by atoms with Crippen molar-refractivity contribution in [2.24, 2.45) is 10.2 Å². The molecule has 0 saturated carbocycles. The molecule has 0 unspecified atom stereocenters. The number of azo groups is 1. The van der Waals surface area contributed by atoms with Crippen LogP contribution in [0, 0.1) is 0 Å². The van der Waals surface area contributed by atoms with Gasteiger partial charge in [0.2, 0.25) is 0 Å². The lowest BCUT2D eigenvalue weighted by Gasteiger charge is -2.12. The van der Waals surface area contributed by atoms with Gasteiger partial charge >= 0.3 is 0 Å². The summed E-state index contributed by atoms with van der Waals surface area (Å²) in [5.74, 6) is -0.812. The Hall–Kier alpha value is -3.35. The Morgan fingerprint density at radius 3 is 1.97 bits per heavy atom. The fraction of sp³-hybridized carbons (Fsp3) is 0.0588. The maximum atomic E-state index is 11.8. The Morgan fingerprint density at radius 2 is 1.44 bits per heavy atom. The van der Waals surface area contributed by atoms with Gasteiger partial charge < -0.3 is 16.2 Å². The minimum atomic E-state index is -5.00. The number of nitrogens with zero attached hydrogens (tertiary/aromatic N) is 2. The number of anilines is 2. The molecular formula is C17H16N4O10S3. The third-order valence-electron chi connectivity index (χ3n) is 4.53. The Morgan fingerprint density at radius 1 is 0.824 bits per heavy atom. The van der Waals surface area contributed by atoms with Gasteiger partial charge in [0, 0.05) is 18.8 Å². The Kier molecular flexibility index (Phi) is 6.29. The minimum Gasteiger partial charge on any atom is -0.507 e. The standard InChI is InChI=1S/C17H16N4O10S3/c1-19-9-2-3-11(13(6-9)33(26,27)28)20-21-17-15-8(5-14(16(17)18)34(29,30)31)4-10(7-12(15)22)32(23,24)25/h2-7,19,22H,18H2,1H3,(H,23,24,25)(H,26,27,28)(H,29,30,31)/b21-20+. The van der Waals surface area contributed by atoms with Gasteiger partial charge in [-0.3, -0.25) is 13.7 Å². The predicted molar refractivity (Wildman–Crippen MR) is 120 cm³/mol. The molecule has 0 heterocycles. The Labute approximate surface area is 193 Å². The van der Waals surface area contributed by atoms with Crippen molar-refractivity contribution in [2.75, 3.05) is 18.1 Å². The second-order valence-corrected chi connectivity index (χ2v) is 10.9. The SMILES string of the molecule is CNc1ccc(/N=N/c2c(N)c(S(=O)(=O)O)cc3cc(S(=O)(=O)O)cc(O)c23)c(S(=O)(=O)O)c1. The van der Waals surface area contributed by atoms with Crippen molar-refractivity contribution in [1.29, 1.82) is 0 Å². The molecule has 0 fully saturated rings. The van der Waals surface area contributed by atoms with Crippen molar-refractivity contribution < 1.29 is 44.0 Å². The Bertz CT molecular complexity index is 1680. The van der Waals surface area contributed by atoms with E-state index in [0.29, 0.717) is 11.8 Å². The lowest BCUT2D eigenvalue weighted by Crippen LogP contribution is -2.04. The number of rotatable bonds is 6. The number of nitrogens with one attached hydrogen (secondary N) is 1. The summed E-state index contributed by atoms with van der Waals surface area (Å²) in [7, 11) is -13.1. The molecule has 0 aromatic heterocycles. The van der Waals surface area contributed by atoms with Gasteiger partial charge in [-0.05, 0) is 35.7 Å². The van der Waals surface area contributed by atoms with Gasteiger partial charge in [-0.15, -0.1) is 10.2 Å². The molecule has 0 amide bonds. The fourth-order valence-corrected chi connectivity index (χ4v) is 4.83. The maximum absolute atomic E-state index is 11.8. The molecule has 34 heavy (non-hydrogen) atoms. The number of phenolic OH excluding ortho intramolecular Hbond substituents is 1. The number of hydrogen-bond acceptors (Lipinski definition) is 11.